The molecule has 9 heteroatoms. The number of benzene rings is 2. The molecule has 0 saturated heterocycles. The Kier molecular flexibility index (Phi) is 9.62. The van der Waals surface area contributed by atoms with Gasteiger partial charge in [0.05, 0.1) is 12.6 Å². The van der Waals surface area contributed by atoms with E-state index in [0.717, 1.165) is 11.1 Å². The zero-order chi connectivity index (χ0) is 24.2. The summed E-state index contributed by atoms with van der Waals surface area (Å²) in [6.45, 7) is 1.61. The number of carbonyl (C=O) groups excluding carboxylic acids is 3. The van der Waals surface area contributed by atoms with Gasteiger partial charge in [0.2, 0.25) is 5.91 Å². The second-order valence-electron chi connectivity index (χ2n) is 6.93. The molecule has 2 atom stereocenters. The van der Waals surface area contributed by atoms with Crippen molar-refractivity contribution in [3.8, 4) is 23.7 Å². The highest BCUT2D eigenvalue weighted by atomic mass is 16.5. The zero-order valence-corrected chi connectivity index (χ0v) is 17.9. The van der Waals surface area contributed by atoms with Crippen molar-refractivity contribution >= 4 is 17.7 Å². The Labute approximate surface area is 191 Å². The van der Waals surface area contributed by atoms with Crippen LogP contribution >= 0.6 is 0 Å². The van der Waals surface area contributed by atoms with Crippen LogP contribution in [0.1, 0.15) is 34.0 Å². The molecule has 0 aromatic heterocycles. The second kappa shape index (κ2) is 12.6. The maximum Gasteiger partial charge on any atom is 0.268 e. The molecule has 2 aromatic rings. The summed E-state index contributed by atoms with van der Waals surface area (Å²) in [6.07, 6.45) is -1.20. The highest BCUT2D eigenvalue weighted by molar-refractivity contribution is 5.97. The van der Waals surface area contributed by atoms with E-state index in [9.17, 15) is 19.5 Å². The number of aliphatic hydroxyl groups excluding tert-OH is 1. The Balaban J connectivity index is 2.00. The fourth-order valence-corrected chi connectivity index (χ4v) is 2.64. The molecule has 170 valence electrons. The molecule has 2 rings (SSSR count). The number of hydroxylamine groups is 1. The highest BCUT2D eigenvalue weighted by Crippen LogP contribution is 2.06. The molecular weight excluding hydrogens is 424 g/mol. The molecule has 2 aromatic carbocycles. The SMILES string of the molecule is C[C@@H](O)[C@H](NC(=O)c1ccc(C#CC#Cc2cccc(CNC(=O)CN)c2)cc1)C(=O)NO. The average molecular weight is 448 g/mol. The Hall–Kier alpha value is -4.15. The minimum atomic E-state index is -1.30. The first-order valence-corrected chi connectivity index (χ1v) is 9.94. The highest BCUT2D eigenvalue weighted by Gasteiger charge is 2.25. The first-order valence-electron chi connectivity index (χ1n) is 9.94. The van der Waals surface area contributed by atoms with Crippen LogP contribution in [0.5, 0.6) is 0 Å². The molecule has 3 amide bonds. The van der Waals surface area contributed by atoms with Crippen molar-refractivity contribution in [1.82, 2.24) is 16.1 Å². The predicted molar refractivity (Wildman–Crippen MR) is 120 cm³/mol. The molecule has 0 saturated carbocycles. The lowest BCUT2D eigenvalue weighted by molar-refractivity contribution is -0.133. The molecule has 0 radical (unpaired) electrons. The third-order valence-corrected chi connectivity index (χ3v) is 4.39. The number of nitrogens with one attached hydrogen (secondary N) is 3. The quantitative estimate of drug-likeness (QED) is 0.193. The topological polar surface area (TPSA) is 154 Å². The van der Waals surface area contributed by atoms with Crippen LogP contribution in [0.25, 0.3) is 0 Å². The van der Waals surface area contributed by atoms with E-state index in [-0.39, 0.29) is 18.0 Å². The van der Waals surface area contributed by atoms with Gasteiger partial charge in [-0.3, -0.25) is 19.6 Å². The van der Waals surface area contributed by atoms with Crippen LogP contribution in [0.2, 0.25) is 0 Å². The molecule has 0 heterocycles. The normalized spacial score (nSPS) is 11.5. The maximum absolute atomic E-state index is 12.3. The molecule has 7 N–H and O–H groups in total. The summed E-state index contributed by atoms with van der Waals surface area (Å²) >= 11 is 0. The number of carbonyl (C=O) groups is 3. The number of amides is 3. The monoisotopic (exact) mass is 448 g/mol. The minimum Gasteiger partial charge on any atom is -0.391 e. The van der Waals surface area contributed by atoms with Crippen molar-refractivity contribution in [2.75, 3.05) is 6.54 Å². The van der Waals surface area contributed by atoms with Crippen molar-refractivity contribution in [2.24, 2.45) is 5.73 Å². The lowest BCUT2D eigenvalue weighted by atomic mass is 10.1. The lowest BCUT2D eigenvalue weighted by Gasteiger charge is -2.19. The van der Waals surface area contributed by atoms with Gasteiger partial charge >= 0.3 is 0 Å². The maximum atomic E-state index is 12.3. The van der Waals surface area contributed by atoms with Crippen LogP contribution in [-0.4, -0.2) is 46.7 Å². The van der Waals surface area contributed by atoms with Crippen LogP contribution in [0.4, 0.5) is 0 Å². The molecule has 0 aliphatic rings. The average Bonchev–Trinajstić information content (AvgIpc) is 2.83. The third kappa shape index (κ3) is 8.13. The molecule has 0 fully saturated rings. The fourth-order valence-electron chi connectivity index (χ4n) is 2.64. The van der Waals surface area contributed by atoms with Crippen molar-refractivity contribution in [2.45, 2.75) is 25.6 Å². The number of hydrogen-bond donors (Lipinski definition) is 6. The number of aliphatic hydroxyl groups is 1. The Morgan fingerprint density at radius 1 is 1.03 bits per heavy atom. The predicted octanol–water partition coefficient (Wildman–Crippen LogP) is -0.351. The summed E-state index contributed by atoms with van der Waals surface area (Å²) in [5.41, 5.74) is 9.18. The van der Waals surface area contributed by atoms with Gasteiger partial charge in [-0.1, -0.05) is 24.0 Å². The Bertz CT molecular complexity index is 1120. The van der Waals surface area contributed by atoms with E-state index in [1.165, 1.54) is 24.5 Å². The van der Waals surface area contributed by atoms with Gasteiger partial charge in [-0.15, -0.1) is 0 Å². The largest absolute Gasteiger partial charge is 0.391 e. The Morgan fingerprint density at radius 3 is 2.30 bits per heavy atom. The minimum absolute atomic E-state index is 0.0655. The van der Waals surface area contributed by atoms with Crippen molar-refractivity contribution in [3.05, 3.63) is 70.8 Å². The fraction of sp³-hybridized carbons (Fsp3) is 0.208. The summed E-state index contributed by atoms with van der Waals surface area (Å²) in [5, 5.41) is 23.3. The van der Waals surface area contributed by atoms with Crippen molar-refractivity contribution in [1.29, 1.82) is 0 Å². The summed E-state index contributed by atoms with van der Waals surface area (Å²) in [6, 6.07) is 12.3. The summed E-state index contributed by atoms with van der Waals surface area (Å²) in [4.78, 5) is 35.0. The van der Waals surface area contributed by atoms with E-state index in [0.29, 0.717) is 12.1 Å². The summed E-state index contributed by atoms with van der Waals surface area (Å²) in [7, 11) is 0. The number of hydrogen-bond acceptors (Lipinski definition) is 6. The van der Waals surface area contributed by atoms with E-state index < -0.39 is 24.0 Å². The number of rotatable bonds is 7. The van der Waals surface area contributed by atoms with Gasteiger partial charge in [0.25, 0.3) is 11.8 Å². The van der Waals surface area contributed by atoms with Crippen LogP contribution in [0, 0.1) is 23.7 Å². The number of nitrogens with two attached hydrogens (primary N) is 1. The Morgan fingerprint density at radius 2 is 1.70 bits per heavy atom. The molecular formula is C24H24N4O5. The van der Waals surface area contributed by atoms with E-state index >= 15 is 0 Å². The second-order valence-corrected chi connectivity index (χ2v) is 6.93. The molecule has 0 aliphatic heterocycles. The molecule has 33 heavy (non-hydrogen) atoms. The summed E-state index contributed by atoms with van der Waals surface area (Å²) in [5.74, 6) is 9.53. The van der Waals surface area contributed by atoms with Crippen LogP contribution < -0.4 is 21.8 Å². The third-order valence-electron chi connectivity index (χ3n) is 4.39. The molecule has 0 spiro atoms. The molecule has 0 unspecified atom stereocenters. The van der Waals surface area contributed by atoms with E-state index in [1.807, 2.05) is 24.3 Å². The van der Waals surface area contributed by atoms with Gasteiger partial charge < -0.3 is 21.5 Å². The van der Waals surface area contributed by atoms with Gasteiger partial charge in [-0.05, 0) is 60.7 Å². The van der Waals surface area contributed by atoms with Gasteiger partial charge in [-0.2, -0.15) is 0 Å². The zero-order valence-electron chi connectivity index (χ0n) is 17.9. The standard InChI is InChI=1S/C24H24N4O5/c1-16(29)22(24(32)28-33)27-23(31)20-11-9-17(10-12-20)5-2-3-6-18-7-4-8-19(13-18)15-26-21(30)14-25/h4,7-13,16,22,29,33H,14-15,25H2,1H3,(H,26,30)(H,27,31)(H,28,32)/t16-,22+/m1/s1. The summed E-state index contributed by atoms with van der Waals surface area (Å²) < 4.78 is 0. The molecule has 9 nitrogen and oxygen atoms in total. The van der Waals surface area contributed by atoms with Crippen molar-refractivity contribution < 1.29 is 24.7 Å². The van der Waals surface area contributed by atoms with Crippen LogP contribution in [0.15, 0.2) is 48.5 Å². The van der Waals surface area contributed by atoms with Crippen LogP contribution in [0.3, 0.4) is 0 Å². The lowest BCUT2D eigenvalue weighted by Crippen LogP contribution is -2.51. The van der Waals surface area contributed by atoms with Gasteiger partial charge in [0.1, 0.15) is 6.04 Å². The first-order chi connectivity index (χ1) is 15.8. The van der Waals surface area contributed by atoms with E-state index in [1.54, 1.807) is 12.1 Å². The molecule has 0 aliphatic carbocycles. The van der Waals surface area contributed by atoms with Crippen LogP contribution in [-0.2, 0) is 16.1 Å². The van der Waals surface area contributed by atoms with E-state index in [4.69, 9.17) is 10.9 Å². The van der Waals surface area contributed by atoms with E-state index in [2.05, 4.69) is 34.3 Å². The van der Waals surface area contributed by atoms with Gasteiger partial charge in [0.15, 0.2) is 0 Å². The van der Waals surface area contributed by atoms with Gasteiger partial charge in [0, 0.05) is 23.2 Å². The smallest absolute Gasteiger partial charge is 0.268 e. The molecule has 0 bridgehead atoms. The first kappa shape index (κ1) is 25.1. The van der Waals surface area contributed by atoms with Crippen molar-refractivity contribution in [3.63, 3.8) is 0 Å². The van der Waals surface area contributed by atoms with Gasteiger partial charge in [-0.25, -0.2) is 5.48 Å².